The van der Waals surface area contributed by atoms with E-state index >= 15 is 0 Å². The second-order valence-electron chi connectivity index (χ2n) is 8.29. The van der Waals surface area contributed by atoms with E-state index in [2.05, 4.69) is 35.3 Å². The van der Waals surface area contributed by atoms with Crippen molar-refractivity contribution < 1.29 is 4.79 Å². The average Bonchev–Trinajstić information content (AvgIpc) is 3.22. The average molecular weight is 367 g/mol. The standard InChI is InChI=1S/C21H29N5O/c1-13(2)18-7-5-6-8-19(18)26-14(3)22-20(24-26)21(27)25(4)17-11-15-9-10-16(12-17)23-15/h5-8,13,15-17,23H,9-12H2,1-4H3. The van der Waals surface area contributed by atoms with Crippen LogP contribution in [0.1, 0.15) is 67.5 Å². The highest BCUT2D eigenvalue weighted by molar-refractivity contribution is 5.90. The maximum atomic E-state index is 13.1. The summed E-state index contributed by atoms with van der Waals surface area (Å²) in [6.45, 7) is 6.23. The van der Waals surface area contributed by atoms with Crippen LogP contribution in [-0.2, 0) is 0 Å². The Morgan fingerprint density at radius 1 is 1.22 bits per heavy atom. The number of nitrogens with zero attached hydrogens (tertiary/aromatic N) is 4. The highest BCUT2D eigenvalue weighted by Gasteiger charge is 2.37. The van der Waals surface area contributed by atoms with Crippen molar-refractivity contribution >= 4 is 5.91 Å². The second kappa shape index (κ2) is 7.08. The summed E-state index contributed by atoms with van der Waals surface area (Å²) in [4.78, 5) is 19.4. The van der Waals surface area contributed by atoms with Gasteiger partial charge in [-0.1, -0.05) is 32.0 Å². The van der Waals surface area contributed by atoms with Crippen molar-refractivity contribution in [3.8, 4) is 5.69 Å². The van der Waals surface area contributed by atoms with Crippen molar-refractivity contribution in [3.05, 3.63) is 41.5 Å². The molecule has 2 atom stereocenters. The Bertz CT molecular complexity index is 831. The molecule has 1 N–H and O–H groups in total. The molecule has 144 valence electrons. The molecule has 1 aromatic carbocycles. The van der Waals surface area contributed by atoms with Crippen molar-refractivity contribution in [2.45, 2.75) is 70.5 Å². The lowest BCUT2D eigenvalue weighted by Crippen LogP contribution is -2.48. The maximum absolute atomic E-state index is 13.1. The van der Waals surface area contributed by atoms with Crippen molar-refractivity contribution in [1.82, 2.24) is 25.0 Å². The first-order chi connectivity index (χ1) is 12.9. The van der Waals surface area contributed by atoms with Crippen LogP contribution in [0.5, 0.6) is 0 Å². The molecule has 1 amide bonds. The number of aryl methyl sites for hydroxylation is 1. The van der Waals surface area contributed by atoms with E-state index in [1.165, 1.54) is 18.4 Å². The minimum absolute atomic E-state index is 0.0785. The number of aromatic nitrogens is 3. The van der Waals surface area contributed by atoms with E-state index in [0.717, 1.165) is 24.4 Å². The quantitative estimate of drug-likeness (QED) is 0.902. The third-order valence-corrected chi connectivity index (χ3v) is 6.06. The maximum Gasteiger partial charge on any atom is 0.293 e. The molecule has 6 heteroatoms. The minimum Gasteiger partial charge on any atom is -0.336 e. The van der Waals surface area contributed by atoms with Gasteiger partial charge in [-0.3, -0.25) is 4.79 Å². The van der Waals surface area contributed by atoms with Crippen LogP contribution < -0.4 is 5.32 Å². The Labute approximate surface area is 161 Å². The molecule has 2 aromatic rings. The first-order valence-electron chi connectivity index (χ1n) is 10.00. The molecule has 3 heterocycles. The smallest absolute Gasteiger partial charge is 0.293 e. The van der Waals surface area contributed by atoms with Gasteiger partial charge in [0.15, 0.2) is 0 Å². The SMILES string of the molecule is Cc1nc(C(=O)N(C)C2CC3CCC(C2)N3)nn1-c1ccccc1C(C)C. The first kappa shape index (κ1) is 18.2. The Hall–Kier alpha value is -2.21. The summed E-state index contributed by atoms with van der Waals surface area (Å²) < 4.78 is 1.81. The van der Waals surface area contributed by atoms with Crippen LogP contribution in [0.15, 0.2) is 24.3 Å². The number of hydrogen-bond acceptors (Lipinski definition) is 4. The molecule has 2 aliphatic heterocycles. The second-order valence-corrected chi connectivity index (χ2v) is 8.29. The van der Waals surface area contributed by atoms with Gasteiger partial charge in [-0.25, -0.2) is 9.67 Å². The van der Waals surface area contributed by atoms with Crippen LogP contribution in [0.3, 0.4) is 0 Å². The number of fused-ring (bicyclic) bond motifs is 2. The molecule has 2 unspecified atom stereocenters. The van der Waals surface area contributed by atoms with Gasteiger partial charge in [-0.2, -0.15) is 0 Å². The lowest BCUT2D eigenvalue weighted by atomic mass is 9.98. The van der Waals surface area contributed by atoms with Gasteiger partial charge in [0.25, 0.3) is 5.91 Å². The van der Waals surface area contributed by atoms with Crippen LogP contribution in [0.25, 0.3) is 5.69 Å². The number of carbonyl (C=O) groups is 1. The van der Waals surface area contributed by atoms with Crippen molar-refractivity contribution in [2.75, 3.05) is 7.05 Å². The molecule has 2 saturated heterocycles. The largest absolute Gasteiger partial charge is 0.336 e. The fraction of sp³-hybridized carbons (Fsp3) is 0.571. The van der Waals surface area contributed by atoms with E-state index < -0.39 is 0 Å². The molecule has 4 rings (SSSR count). The molecule has 0 radical (unpaired) electrons. The zero-order valence-electron chi connectivity index (χ0n) is 16.6. The number of para-hydroxylation sites is 1. The summed E-state index contributed by atoms with van der Waals surface area (Å²) >= 11 is 0. The summed E-state index contributed by atoms with van der Waals surface area (Å²) in [5.74, 6) is 1.33. The number of rotatable bonds is 4. The van der Waals surface area contributed by atoms with E-state index in [0.29, 0.717) is 23.8 Å². The molecular formula is C21H29N5O. The van der Waals surface area contributed by atoms with E-state index in [-0.39, 0.29) is 11.9 Å². The number of benzene rings is 1. The fourth-order valence-electron chi connectivity index (χ4n) is 4.54. The molecule has 0 aliphatic carbocycles. The van der Waals surface area contributed by atoms with Gasteiger partial charge in [0.05, 0.1) is 5.69 Å². The van der Waals surface area contributed by atoms with Gasteiger partial charge < -0.3 is 10.2 Å². The zero-order chi connectivity index (χ0) is 19.1. The van der Waals surface area contributed by atoms with Crippen LogP contribution in [-0.4, -0.2) is 50.7 Å². The molecule has 2 bridgehead atoms. The number of piperidine rings is 1. The molecular weight excluding hydrogens is 338 g/mol. The Balaban J connectivity index is 1.59. The topological polar surface area (TPSA) is 63.1 Å². The van der Waals surface area contributed by atoms with Gasteiger partial charge in [-0.05, 0) is 50.2 Å². The van der Waals surface area contributed by atoms with E-state index in [9.17, 15) is 4.79 Å². The van der Waals surface area contributed by atoms with Gasteiger partial charge in [-0.15, -0.1) is 5.10 Å². The highest BCUT2D eigenvalue weighted by atomic mass is 16.2. The zero-order valence-corrected chi connectivity index (χ0v) is 16.6. The fourth-order valence-corrected chi connectivity index (χ4v) is 4.54. The molecule has 6 nitrogen and oxygen atoms in total. The van der Waals surface area contributed by atoms with Crippen molar-refractivity contribution in [3.63, 3.8) is 0 Å². The van der Waals surface area contributed by atoms with E-state index in [4.69, 9.17) is 0 Å². The third-order valence-electron chi connectivity index (χ3n) is 6.06. The summed E-state index contributed by atoms with van der Waals surface area (Å²) in [5, 5.41) is 8.22. The minimum atomic E-state index is -0.0785. The molecule has 27 heavy (non-hydrogen) atoms. The normalized spacial score (nSPS) is 24.4. The van der Waals surface area contributed by atoms with Crippen molar-refractivity contribution in [1.29, 1.82) is 0 Å². The van der Waals surface area contributed by atoms with Crippen molar-refractivity contribution in [2.24, 2.45) is 0 Å². The van der Waals surface area contributed by atoms with Crippen LogP contribution in [0, 0.1) is 6.92 Å². The predicted molar refractivity (Wildman–Crippen MR) is 105 cm³/mol. The number of hydrogen-bond donors (Lipinski definition) is 1. The molecule has 0 saturated carbocycles. The monoisotopic (exact) mass is 367 g/mol. The number of carbonyl (C=O) groups excluding carboxylic acids is 1. The Kier molecular flexibility index (Phi) is 4.76. The lowest BCUT2D eigenvalue weighted by Gasteiger charge is -2.35. The van der Waals surface area contributed by atoms with Gasteiger partial charge >= 0.3 is 0 Å². The van der Waals surface area contributed by atoms with Crippen LogP contribution in [0.2, 0.25) is 0 Å². The van der Waals surface area contributed by atoms with Gasteiger partial charge in [0, 0.05) is 25.2 Å². The van der Waals surface area contributed by atoms with E-state index in [1.807, 2.05) is 41.8 Å². The third kappa shape index (κ3) is 3.38. The van der Waals surface area contributed by atoms with Gasteiger partial charge in [0.1, 0.15) is 5.82 Å². The number of amides is 1. The Morgan fingerprint density at radius 3 is 2.56 bits per heavy atom. The molecule has 1 aromatic heterocycles. The Morgan fingerprint density at radius 2 is 1.89 bits per heavy atom. The summed E-state index contributed by atoms with van der Waals surface area (Å²) in [6.07, 6.45) is 4.49. The molecule has 0 spiro atoms. The van der Waals surface area contributed by atoms with Crippen LogP contribution >= 0.6 is 0 Å². The highest BCUT2D eigenvalue weighted by Crippen LogP contribution is 2.30. The predicted octanol–water partition coefficient (Wildman–Crippen LogP) is 3.05. The van der Waals surface area contributed by atoms with E-state index in [1.54, 1.807) is 0 Å². The van der Waals surface area contributed by atoms with Gasteiger partial charge in [0.2, 0.25) is 5.82 Å². The molecule has 2 aliphatic rings. The van der Waals surface area contributed by atoms with Crippen LogP contribution in [0.4, 0.5) is 0 Å². The summed E-state index contributed by atoms with van der Waals surface area (Å²) in [7, 11) is 1.90. The summed E-state index contributed by atoms with van der Waals surface area (Å²) in [6, 6.07) is 9.56. The molecule has 2 fully saturated rings. The lowest BCUT2D eigenvalue weighted by molar-refractivity contribution is 0.0669. The summed E-state index contributed by atoms with van der Waals surface area (Å²) in [5.41, 5.74) is 2.20. The number of nitrogens with one attached hydrogen (secondary N) is 1. The first-order valence-corrected chi connectivity index (χ1v) is 10.00.